The number of oxazole rings is 1. The van der Waals surface area contributed by atoms with Gasteiger partial charge in [-0.05, 0) is 18.6 Å². The summed E-state index contributed by atoms with van der Waals surface area (Å²) in [5.74, 6) is 0.0819. The monoisotopic (exact) mass is 283 g/mol. The molecular weight excluding hydrogens is 271 g/mol. The molecule has 20 heavy (non-hydrogen) atoms. The summed E-state index contributed by atoms with van der Waals surface area (Å²) in [6.45, 7) is 1.41. The molecule has 0 aliphatic heterocycles. The highest BCUT2D eigenvalue weighted by Crippen LogP contribution is 2.32. The molecule has 1 heterocycles. The Balaban J connectivity index is 2.22. The summed E-state index contributed by atoms with van der Waals surface area (Å²) in [5.41, 5.74) is -0.181. The van der Waals surface area contributed by atoms with Gasteiger partial charge in [0, 0.05) is 6.42 Å². The van der Waals surface area contributed by atoms with Gasteiger partial charge in [0.2, 0.25) is 0 Å². The number of ketones is 1. The van der Waals surface area contributed by atoms with Crippen LogP contribution in [-0.2, 0) is 23.8 Å². The number of hydrogen-bond acceptors (Lipinski definition) is 3. The zero-order valence-electron chi connectivity index (χ0n) is 10.7. The molecule has 1 aromatic carbocycles. The lowest BCUT2D eigenvalue weighted by Gasteiger charge is -2.10. The van der Waals surface area contributed by atoms with Crippen LogP contribution in [0.3, 0.4) is 0 Å². The van der Waals surface area contributed by atoms with Crippen LogP contribution >= 0.6 is 0 Å². The van der Waals surface area contributed by atoms with E-state index in [9.17, 15) is 18.0 Å². The first-order valence-corrected chi connectivity index (χ1v) is 5.94. The number of benzene rings is 1. The van der Waals surface area contributed by atoms with Gasteiger partial charge in [-0.3, -0.25) is 4.79 Å². The van der Waals surface area contributed by atoms with Crippen LogP contribution in [0.4, 0.5) is 13.2 Å². The molecule has 3 nitrogen and oxygen atoms in total. The average Bonchev–Trinajstić information content (AvgIpc) is 2.75. The molecule has 106 valence electrons. The van der Waals surface area contributed by atoms with E-state index in [-0.39, 0.29) is 30.1 Å². The highest BCUT2D eigenvalue weighted by atomic mass is 19.4. The van der Waals surface area contributed by atoms with Crippen molar-refractivity contribution in [3.8, 4) is 0 Å². The predicted octanol–water partition coefficient (Wildman–Crippen LogP) is 3.42. The first kappa shape index (κ1) is 14.3. The van der Waals surface area contributed by atoms with E-state index in [1.54, 1.807) is 0 Å². The Morgan fingerprint density at radius 3 is 2.65 bits per heavy atom. The third-order valence-corrected chi connectivity index (χ3v) is 2.69. The second kappa shape index (κ2) is 5.48. The van der Waals surface area contributed by atoms with Gasteiger partial charge in [-0.15, -0.1) is 0 Å². The van der Waals surface area contributed by atoms with Crippen molar-refractivity contribution in [1.82, 2.24) is 4.98 Å². The highest BCUT2D eigenvalue weighted by molar-refractivity contribution is 5.77. The van der Waals surface area contributed by atoms with Crippen LogP contribution in [-0.4, -0.2) is 10.8 Å². The van der Waals surface area contributed by atoms with Crippen LogP contribution in [0.25, 0.3) is 0 Å². The maximum absolute atomic E-state index is 12.8. The number of nitrogens with zero attached hydrogens (tertiary/aromatic N) is 1. The molecule has 0 radical (unpaired) electrons. The van der Waals surface area contributed by atoms with Crippen molar-refractivity contribution in [3.63, 3.8) is 0 Å². The standard InChI is InChI=1S/C14H12F3NO2/c1-9(19)6-11-8-20-13(18-11)7-10-4-2-3-5-12(10)14(15,16)17/h2-5,8H,6-7H2,1H3. The van der Waals surface area contributed by atoms with Gasteiger partial charge < -0.3 is 4.42 Å². The Morgan fingerprint density at radius 2 is 2.00 bits per heavy atom. The fourth-order valence-corrected chi connectivity index (χ4v) is 1.88. The van der Waals surface area contributed by atoms with Gasteiger partial charge in [0.15, 0.2) is 5.89 Å². The van der Waals surface area contributed by atoms with Gasteiger partial charge in [0.1, 0.15) is 12.0 Å². The number of alkyl halides is 3. The van der Waals surface area contributed by atoms with Crippen molar-refractivity contribution in [2.24, 2.45) is 0 Å². The normalized spacial score (nSPS) is 11.6. The second-order valence-electron chi connectivity index (χ2n) is 4.44. The molecule has 0 atom stereocenters. The van der Waals surface area contributed by atoms with Gasteiger partial charge in [0.25, 0.3) is 0 Å². The van der Waals surface area contributed by atoms with Crippen molar-refractivity contribution < 1.29 is 22.4 Å². The van der Waals surface area contributed by atoms with Crippen molar-refractivity contribution in [3.05, 3.63) is 53.2 Å². The lowest BCUT2D eigenvalue weighted by atomic mass is 10.0. The van der Waals surface area contributed by atoms with E-state index in [2.05, 4.69) is 4.98 Å². The first-order valence-electron chi connectivity index (χ1n) is 5.94. The molecule has 2 aromatic rings. The first-order chi connectivity index (χ1) is 9.36. The Labute approximate surface area is 113 Å². The second-order valence-corrected chi connectivity index (χ2v) is 4.44. The molecule has 0 bridgehead atoms. The summed E-state index contributed by atoms with van der Waals surface area (Å²) < 4.78 is 43.6. The summed E-state index contributed by atoms with van der Waals surface area (Å²) in [4.78, 5) is 14.9. The van der Waals surface area contributed by atoms with Gasteiger partial charge in [-0.25, -0.2) is 4.98 Å². The Bertz CT molecular complexity index is 617. The highest BCUT2D eigenvalue weighted by Gasteiger charge is 2.33. The third kappa shape index (κ3) is 3.46. The van der Waals surface area contributed by atoms with E-state index < -0.39 is 11.7 Å². The van der Waals surface area contributed by atoms with Crippen LogP contribution in [0.2, 0.25) is 0 Å². The van der Waals surface area contributed by atoms with Crippen LogP contribution in [0.5, 0.6) is 0 Å². The topological polar surface area (TPSA) is 43.1 Å². The van der Waals surface area contributed by atoms with Gasteiger partial charge >= 0.3 is 6.18 Å². The molecule has 0 fully saturated rings. The van der Waals surface area contributed by atoms with Gasteiger partial charge in [0.05, 0.1) is 17.7 Å². The van der Waals surface area contributed by atoms with Crippen LogP contribution in [0.1, 0.15) is 29.6 Å². The smallest absolute Gasteiger partial charge is 0.416 e. The number of aromatic nitrogens is 1. The van der Waals surface area contributed by atoms with Gasteiger partial charge in [-0.1, -0.05) is 18.2 Å². The summed E-state index contributed by atoms with van der Waals surface area (Å²) in [5, 5.41) is 0. The molecule has 6 heteroatoms. The minimum Gasteiger partial charge on any atom is -0.448 e. The zero-order chi connectivity index (χ0) is 14.8. The zero-order valence-corrected chi connectivity index (χ0v) is 10.7. The summed E-state index contributed by atoms with van der Waals surface area (Å²) in [7, 11) is 0. The molecule has 0 saturated carbocycles. The summed E-state index contributed by atoms with van der Waals surface area (Å²) in [6, 6.07) is 5.28. The number of carbonyl (C=O) groups is 1. The fraction of sp³-hybridized carbons (Fsp3) is 0.286. The quantitative estimate of drug-likeness (QED) is 0.863. The summed E-state index contributed by atoms with van der Waals surface area (Å²) in [6.07, 6.45) is -3.06. The molecule has 0 aliphatic rings. The number of rotatable bonds is 4. The molecule has 0 unspecified atom stereocenters. The van der Waals surface area contributed by atoms with E-state index in [0.717, 1.165) is 6.07 Å². The maximum Gasteiger partial charge on any atom is 0.416 e. The van der Waals surface area contributed by atoms with Crippen molar-refractivity contribution in [2.45, 2.75) is 25.9 Å². The molecule has 0 N–H and O–H groups in total. The van der Waals surface area contributed by atoms with Crippen molar-refractivity contribution in [2.75, 3.05) is 0 Å². The molecular formula is C14H12F3NO2. The van der Waals surface area contributed by atoms with E-state index in [1.807, 2.05) is 0 Å². The molecule has 0 spiro atoms. The SMILES string of the molecule is CC(=O)Cc1coc(Cc2ccccc2C(F)(F)F)n1. The number of halogens is 3. The van der Waals surface area contributed by atoms with Crippen LogP contribution < -0.4 is 0 Å². The van der Waals surface area contributed by atoms with Crippen molar-refractivity contribution >= 4 is 5.78 Å². The van der Waals surface area contributed by atoms with Gasteiger partial charge in [-0.2, -0.15) is 13.2 Å². The minimum absolute atomic E-state index is 0.0619. The van der Waals surface area contributed by atoms with Crippen LogP contribution in [0, 0.1) is 0 Å². The average molecular weight is 283 g/mol. The fourth-order valence-electron chi connectivity index (χ4n) is 1.88. The van der Waals surface area contributed by atoms with Crippen LogP contribution in [0.15, 0.2) is 34.9 Å². The largest absolute Gasteiger partial charge is 0.448 e. The molecule has 0 saturated heterocycles. The molecule has 2 rings (SSSR count). The predicted molar refractivity (Wildman–Crippen MR) is 65.1 cm³/mol. The Morgan fingerprint density at radius 1 is 1.30 bits per heavy atom. The van der Waals surface area contributed by atoms with Crippen molar-refractivity contribution in [1.29, 1.82) is 0 Å². The number of Topliss-reactive ketones (excluding diaryl/α,β-unsaturated/α-hetero) is 1. The lowest BCUT2D eigenvalue weighted by molar-refractivity contribution is -0.138. The van der Waals surface area contributed by atoms with E-state index in [0.29, 0.717) is 5.69 Å². The Kier molecular flexibility index (Phi) is 3.92. The molecule has 0 aliphatic carbocycles. The molecule has 0 amide bonds. The minimum atomic E-state index is -4.41. The number of carbonyl (C=O) groups excluding carboxylic acids is 1. The van der Waals surface area contributed by atoms with E-state index in [4.69, 9.17) is 4.42 Å². The maximum atomic E-state index is 12.8. The van der Waals surface area contributed by atoms with E-state index in [1.165, 1.54) is 31.4 Å². The lowest BCUT2D eigenvalue weighted by Crippen LogP contribution is -2.09. The third-order valence-electron chi connectivity index (χ3n) is 2.69. The van der Waals surface area contributed by atoms with E-state index >= 15 is 0 Å². The Hall–Kier alpha value is -2.11. The number of hydrogen-bond donors (Lipinski definition) is 0. The summed E-state index contributed by atoms with van der Waals surface area (Å²) >= 11 is 0. The molecule has 1 aromatic heterocycles.